The van der Waals surface area contributed by atoms with Crippen molar-refractivity contribution in [1.29, 1.82) is 0 Å². The van der Waals surface area contributed by atoms with E-state index in [0.29, 0.717) is 6.42 Å². The second-order valence-electron chi connectivity index (χ2n) is 4.51. The molecule has 0 saturated carbocycles. The molecule has 1 N–H and O–H groups in total. The molecular formula is C16H22O2. The van der Waals surface area contributed by atoms with E-state index in [1.807, 2.05) is 18.2 Å². The number of benzene rings is 1. The average Bonchev–Trinajstić information content (AvgIpc) is 2.37. The molecule has 98 valence electrons. The molecule has 0 fully saturated rings. The van der Waals surface area contributed by atoms with E-state index in [0.717, 1.165) is 25.7 Å². The summed E-state index contributed by atoms with van der Waals surface area (Å²) in [6.45, 7) is 0. The highest BCUT2D eigenvalue weighted by atomic mass is 16.4. The summed E-state index contributed by atoms with van der Waals surface area (Å²) in [4.78, 5) is 10.3. The van der Waals surface area contributed by atoms with Gasteiger partial charge in [0.1, 0.15) is 0 Å². The number of carbonyl (C=O) groups is 1. The molecule has 0 heterocycles. The molecule has 0 spiro atoms. The smallest absolute Gasteiger partial charge is 0.303 e. The molecule has 0 amide bonds. The van der Waals surface area contributed by atoms with Crippen molar-refractivity contribution in [2.75, 3.05) is 0 Å². The van der Waals surface area contributed by atoms with Crippen molar-refractivity contribution in [3.63, 3.8) is 0 Å². The van der Waals surface area contributed by atoms with Gasteiger partial charge in [-0.1, -0.05) is 61.7 Å². The largest absolute Gasteiger partial charge is 0.481 e. The molecule has 2 heteroatoms. The molecule has 1 aromatic carbocycles. The molecule has 0 bridgehead atoms. The van der Waals surface area contributed by atoms with Crippen molar-refractivity contribution in [2.45, 2.75) is 44.9 Å². The minimum Gasteiger partial charge on any atom is -0.481 e. The molecule has 0 saturated heterocycles. The summed E-state index contributed by atoms with van der Waals surface area (Å²) < 4.78 is 0. The molecule has 18 heavy (non-hydrogen) atoms. The second kappa shape index (κ2) is 9.46. The van der Waals surface area contributed by atoms with Crippen LogP contribution in [0.4, 0.5) is 0 Å². The van der Waals surface area contributed by atoms with Crippen molar-refractivity contribution in [2.24, 2.45) is 0 Å². The van der Waals surface area contributed by atoms with Gasteiger partial charge in [0.2, 0.25) is 0 Å². The van der Waals surface area contributed by atoms with E-state index < -0.39 is 5.97 Å². The number of allylic oxidation sites excluding steroid dienone is 1. The molecule has 0 atom stereocenters. The molecule has 2 nitrogen and oxygen atoms in total. The summed E-state index contributed by atoms with van der Waals surface area (Å²) in [5.74, 6) is -0.680. The van der Waals surface area contributed by atoms with Crippen LogP contribution in [0.1, 0.15) is 50.5 Å². The lowest BCUT2D eigenvalue weighted by Crippen LogP contribution is -1.93. The van der Waals surface area contributed by atoms with Gasteiger partial charge in [-0.25, -0.2) is 0 Å². The summed E-state index contributed by atoms with van der Waals surface area (Å²) in [6, 6.07) is 10.3. The van der Waals surface area contributed by atoms with Crippen LogP contribution in [0.5, 0.6) is 0 Å². The number of hydrogen-bond donors (Lipinski definition) is 1. The first-order valence-electron chi connectivity index (χ1n) is 6.72. The van der Waals surface area contributed by atoms with Crippen LogP contribution >= 0.6 is 0 Å². The van der Waals surface area contributed by atoms with Crippen LogP contribution in [0.15, 0.2) is 36.4 Å². The Morgan fingerprint density at radius 3 is 2.39 bits per heavy atom. The first kappa shape index (κ1) is 14.5. The van der Waals surface area contributed by atoms with E-state index in [1.54, 1.807) is 0 Å². The van der Waals surface area contributed by atoms with Gasteiger partial charge in [0.25, 0.3) is 0 Å². The number of hydrogen-bond acceptors (Lipinski definition) is 1. The molecule has 0 aliphatic carbocycles. The maximum absolute atomic E-state index is 10.3. The summed E-state index contributed by atoms with van der Waals surface area (Å²) in [5, 5.41) is 8.49. The number of aliphatic carboxylic acids is 1. The van der Waals surface area contributed by atoms with E-state index >= 15 is 0 Å². The van der Waals surface area contributed by atoms with E-state index in [9.17, 15) is 4.79 Å². The number of carboxylic acids is 1. The van der Waals surface area contributed by atoms with Crippen LogP contribution in [0.3, 0.4) is 0 Å². The van der Waals surface area contributed by atoms with Gasteiger partial charge in [-0.15, -0.1) is 0 Å². The van der Waals surface area contributed by atoms with Crippen LogP contribution < -0.4 is 0 Å². The van der Waals surface area contributed by atoms with Gasteiger partial charge < -0.3 is 5.11 Å². The van der Waals surface area contributed by atoms with Gasteiger partial charge in [-0.2, -0.15) is 0 Å². The minimum atomic E-state index is -0.680. The Hall–Kier alpha value is -1.57. The molecule has 0 aliphatic heterocycles. The first-order valence-corrected chi connectivity index (χ1v) is 6.72. The van der Waals surface area contributed by atoms with Crippen molar-refractivity contribution >= 4 is 12.0 Å². The Kier molecular flexibility index (Phi) is 7.61. The lowest BCUT2D eigenvalue weighted by atomic mass is 10.1. The van der Waals surface area contributed by atoms with Crippen LogP contribution in [0.2, 0.25) is 0 Å². The van der Waals surface area contributed by atoms with Gasteiger partial charge in [-0.05, 0) is 24.8 Å². The van der Waals surface area contributed by atoms with E-state index in [4.69, 9.17) is 5.11 Å². The van der Waals surface area contributed by atoms with E-state index in [1.165, 1.54) is 18.4 Å². The second-order valence-corrected chi connectivity index (χ2v) is 4.51. The molecular weight excluding hydrogens is 224 g/mol. The average molecular weight is 246 g/mol. The highest BCUT2D eigenvalue weighted by Crippen LogP contribution is 2.09. The molecule has 0 radical (unpaired) electrons. The molecule has 0 unspecified atom stereocenters. The Morgan fingerprint density at radius 1 is 1.00 bits per heavy atom. The normalized spacial score (nSPS) is 10.9. The Morgan fingerprint density at radius 2 is 1.67 bits per heavy atom. The van der Waals surface area contributed by atoms with Gasteiger partial charge in [0.15, 0.2) is 0 Å². The van der Waals surface area contributed by atoms with Crippen molar-refractivity contribution in [3.05, 3.63) is 42.0 Å². The maximum Gasteiger partial charge on any atom is 0.303 e. The SMILES string of the molecule is O=C(O)CCCCCCCC=Cc1ccccc1. The molecule has 1 rings (SSSR count). The number of unbranched alkanes of at least 4 members (excludes halogenated alkanes) is 5. The fourth-order valence-electron chi connectivity index (χ4n) is 1.85. The monoisotopic (exact) mass is 246 g/mol. The van der Waals surface area contributed by atoms with Crippen molar-refractivity contribution in [3.8, 4) is 0 Å². The minimum absolute atomic E-state index is 0.313. The molecule has 0 aliphatic rings. The fraction of sp³-hybridized carbons (Fsp3) is 0.438. The molecule has 1 aromatic rings. The zero-order valence-electron chi connectivity index (χ0n) is 10.8. The quantitative estimate of drug-likeness (QED) is 0.651. The van der Waals surface area contributed by atoms with E-state index in [2.05, 4.69) is 24.3 Å². The zero-order valence-corrected chi connectivity index (χ0v) is 10.8. The predicted molar refractivity (Wildman–Crippen MR) is 75.4 cm³/mol. The van der Waals surface area contributed by atoms with Gasteiger partial charge in [0, 0.05) is 6.42 Å². The Labute approximate surface area is 109 Å². The van der Waals surface area contributed by atoms with Crippen molar-refractivity contribution < 1.29 is 9.90 Å². The van der Waals surface area contributed by atoms with Gasteiger partial charge in [0.05, 0.1) is 0 Å². The standard InChI is InChI=1S/C16H22O2/c17-16(18)14-10-5-3-1-2-4-7-11-15-12-8-6-9-13-15/h6-9,11-13H,1-5,10,14H2,(H,17,18). The maximum atomic E-state index is 10.3. The first-order chi connectivity index (χ1) is 8.79. The summed E-state index contributed by atoms with van der Waals surface area (Å²) in [6.07, 6.45) is 11.2. The highest BCUT2D eigenvalue weighted by Gasteiger charge is 1.95. The van der Waals surface area contributed by atoms with Crippen LogP contribution in [-0.4, -0.2) is 11.1 Å². The van der Waals surface area contributed by atoms with Crippen LogP contribution in [-0.2, 0) is 4.79 Å². The summed E-state index contributed by atoms with van der Waals surface area (Å²) in [5.41, 5.74) is 1.25. The predicted octanol–water partition coefficient (Wildman–Crippen LogP) is 4.52. The fourth-order valence-corrected chi connectivity index (χ4v) is 1.85. The van der Waals surface area contributed by atoms with Gasteiger partial charge >= 0.3 is 5.97 Å². The number of rotatable bonds is 9. The third kappa shape index (κ3) is 7.66. The molecule has 0 aromatic heterocycles. The Balaban J connectivity index is 1.96. The summed E-state index contributed by atoms with van der Waals surface area (Å²) in [7, 11) is 0. The van der Waals surface area contributed by atoms with Gasteiger partial charge in [-0.3, -0.25) is 4.79 Å². The number of carboxylic acid groups (broad SMARTS) is 1. The topological polar surface area (TPSA) is 37.3 Å². The van der Waals surface area contributed by atoms with Crippen molar-refractivity contribution in [1.82, 2.24) is 0 Å². The highest BCUT2D eigenvalue weighted by molar-refractivity contribution is 5.66. The lowest BCUT2D eigenvalue weighted by Gasteiger charge is -1.98. The zero-order chi connectivity index (χ0) is 13.1. The van der Waals surface area contributed by atoms with E-state index in [-0.39, 0.29) is 0 Å². The lowest BCUT2D eigenvalue weighted by molar-refractivity contribution is -0.137. The van der Waals surface area contributed by atoms with Crippen LogP contribution in [0, 0.1) is 0 Å². The van der Waals surface area contributed by atoms with Crippen LogP contribution in [0.25, 0.3) is 6.08 Å². The third-order valence-corrected chi connectivity index (χ3v) is 2.87. The Bertz CT molecular complexity index is 355. The third-order valence-electron chi connectivity index (χ3n) is 2.87. The summed E-state index contributed by atoms with van der Waals surface area (Å²) >= 11 is 0.